The van der Waals surface area contributed by atoms with Gasteiger partial charge in [-0.2, -0.15) is 0 Å². The van der Waals surface area contributed by atoms with Crippen LogP contribution in [0.5, 0.6) is 0 Å². The zero-order valence-electron chi connectivity index (χ0n) is 29.0. The van der Waals surface area contributed by atoms with Gasteiger partial charge < -0.3 is 5.32 Å². The number of allylic oxidation sites excluding steroid dienone is 2. The summed E-state index contributed by atoms with van der Waals surface area (Å²) < 4.78 is 0. The van der Waals surface area contributed by atoms with Crippen LogP contribution >= 0.6 is 0 Å². The highest BCUT2D eigenvalue weighted by Gasteiger charge is 2.24. The summed E-state index contributed by atoms with van der Waals surface area (Å²) in [4.78, 5) is 12.1. The number of carbonyl (C=O) groups is 1. The second kappa shape index (κ2) is 16.2. The second-order valence-corrected chi connectivity index (χ2v) is 13.4. The number of aryl methyl sites for hydroxylation is 3. The third-order valence-electron chi connectivity index (χ3n) is 8.13. The smallest absolute Gasteiger partial charge is 0.251 e. The third kappa shape index (κ3) is 10.5. The summed E-state index contributed by atoms with van der Waals surface area (Å²) in [5.74, 6) is 0.542. The molecule has 0 bridgehead atoms. The van der Waals surface area contributed by atoms with E-state index in [1.54, 1.807) is 0 Å². The molecule has 0 fully saturated rings. The quantitative estimate of drug-likeness (QED) is 0.191. The fourth-order valence-electron chi connectivity index (χ4n) is 5.70. The number of amides is 1. The second-order valence-electron chi connectivity index (χ2n) is 13.4. The third-order valence-corrected chi connectivity index (χ3v) is 8.13. The van der Waals surface area contributed by atoms with Gasteiger partial charge in [-0.3, -0.25) is 4.79 Å². The lowest BCUT2D eigenvalue weighted by molar-refractivity contribution is 0.0956. The molecule has 0 saturated carbocycles. The van der Waals surface area contributed by atoms with Crippen molar-refractivity contribution in [3.8, 4) is 11.1 Å². The van der Waals surface area contributed by atoms with Crippen molar-refractivity contribution in [1.29, 1.82) is 0 Å². The highest BCUT2D eigenvalue weighted by atomic mass is 16.1. The van der Waals surface area contributed by atoms with Crippen LogP contribution in [-0.2, 0) is 0 Å². The Morgan fingerprint density at radius 3 is 1.89 bits per heavy atom. The predicted molar refractivity (Wildman–Crippen MR) is 196 cm³/mol. The molecular weight excluding hydrogens is 546 g/mol. The van der Waals surface area contributed by atoms with E-state index in [-0.39, 0.29) is 17.2 Å². The van der Waals surface area contributed by atoms with Crippen molar-refractivity contribution in [1.82, 2.24) is 5.32 Å². The van der Waals surface area contributed by atoms with E-state index in [0.29, 0.717) is 18.0 Å². The van der Waals surface area contributed by atoms with E-state index in [0.717, 1.165) is 12.0 Å². The number of hydrogen-bond acceptors (Lipinski definition) is 1. The van der Waals surface area contributed by atoms with Gasteiger partial charge in [0.2, 0.25) is 0 Å². The molecule has 1 amide bonds. The van der Waals surface area contributed by atoms with Crippen molar-refractivity contribution in [3.63, 3.8) is 0 Å². The van der Waals surface area contributed by atoms with E-state index in [9.17, 15) is 4.79 Å². The number of benzene rings is 4. The van der Waals surface area contributed by atoms with Crippen LogP contribution in [0.1, 0.15) is 104 Å². The Labute approximate surface area is 273 Å². The number of nitrogens with one attached hydrogen (secondary N) is 1. The Bertz CT molecular complexity index is 1570. The van der Waals surface area contributed by atoms with Crippen molar-refractivity contribution in [2.24, 2.45) is 5.41 Å². The molecule has 2 unspecified atom stereocenters. The maximum absolute atomic E-state index is 12.1. The van der Waals surface area contributed by atoms with Crippen molar-refractivity contribution >= 4 is 12.0 Å². The van der Waals surface area contributed by atoms with E-state index in [4.69, 9.17) is 0 Å². The summed E-state index contributed by atoms with van der Waals surface area (Å²) in [6.45, 7) is 24.2. The van der Waals surface area contributed by atoms with Crippen LogP contribution in [0.25, 0.3) is 17.2 Å². The normalized spacial score (nSPS) is 12.6. The average molecular weight is 600 g/mol. The molecule has 0 radical (unpaired) electrons. The molecule has 45 heavy (non-hydrogen) atoms. The Morgan fingerprint density at radius 2 is 1.38 bits per heavy atom. The first-order valence-electron chi connectivity index (χ1n) is 16.3. The van der Waals surface area contributed by atoms with Gasteiger partial charge in [0.25, 0.3) is 5.91 Å². The van der Waals surface area contributed by atoms with E-state index in [2.05, 4.69) is 158 Å². The van der Waals surface area contributed by atoms with Gasteiger partial charge in [-0.1, -0.05) is 142 Å². The predicted octanol–water partition coefficient (Wildman–Crippen LogP) is 11.6. The summed E-state index contributed by atoms with van der Waals surface area (Å²) in [6, 6.07) is 32.2. The standard InChI is InChI=1S/C28H37NO.C15H16/c1-8-25(22-14-16-24(17-15-22)27(30)29-9-2)26(20(3)4)23-12-10-21(11-13-23)18-19-28(5,6)7;1-11-4-7-14(8-5-11)15-9-6-12(2)10-13(15)3/h10-19,25-26H,3,8-9H2,1-2,4-7H3,(H,29,30);4-10H,1-3H3/b19-18+;. The molecule has 4 aromatic rings. The molecule has 0 saturated heterocycles. The molecule has 0 spiro atoms. The monoisotopic (exact) mass is 599 g/mol. The molecule has 236 valence electrons. The van der Waals surface area contributed by atoms with E-state index in [1.165, 1.54) is 44.5 Å². The highest BCUT2D eigenvalue weighted by molar-refractivity contribution is 5.94. The molecule has 0 aliphatic rings. The maximum atomic E-state index is 12.1. The van der Waals surface area contributed by atoms with E-state index >= 15 is 0 Å². The van der Waals surface area contributed by atoms with Crippen molar-refractivity contribution in [3.05, 3.63) is 148 Å². The summed E-state index contributed by atoms with van der Waals surface area (Å²) in [7, 11) is 0. The van der Waals surface area contributed by atoms with Crippen molar-refractivity contribution < 1.29 is 4.79 Å². The van der Waals surface area contributed by atoms with Crippen LogP contribution in [0.3, 0.4) is 0 Å². The van der Waals surface area contributed by atoms with Crippen molar-refractivity contribution in [2.75, 3.05) is 6.54 Å². The fourth-order valence-corrected chi connectivity index (χ4v) is 5.70. The number of hydrogen-bond donors (Lipinski definition) is 1. The van der Waals surface area contributed by atoms with Crippen LogP contribution < -0.4 is 5.32 Å². The van der Waals surface area contributed by atoms with Gasteiger partial charge in [-0.25, -0.2) is 0 Å². The molecule has 2 atom stereocenters. The van der Waals surface area contributed by atoms with Gasteiger partial charge >= 0.3 is 0 Å². The van der Waals surface area contributed by atoms with Gasteiger partial charge in [0, 0.05) is 18.0 Å². The molecule has 4 rings (SSSR count). The largest absolute Gasteiger partial charge is 0.352 e. The minimum absolute atomic E-state index is 0.0209. The Morgan fingerprint density at radius 1 is 0.800 bits per heavy atom. The lowest BCUT2D eigenvalue weighted by atomic mass is 9.76. The van der Waals surface area contributed by atoms with Crippen LogP contribution in [0, 0.1) is 26.2 Å². The van der Waals surface area contributed by atoms with Gasteiger partial charge in [0.05, 0.1) is 0 Å². The molecule has 4 aromatic carbocycles. The van der Waals surface area contributed by atoms with E-state index in [1.807, 2.05) is 19.1 Å². The fraction of sp³-hybridized carbons (Fsp3) is 0.326. The number of rotatable bonds is 9. The van der Waals surface area contributed by atoms with Gasteiger partial charge in [0.15, 0.2) is 0 Å². The summed E-state index contributed by atoms with van der Waals surface area (Å²) in [5, 5.41) is 2.86. The summed E-state index contributed by atoms with van der Waals surface area (Å²) >= 11 is 0. The van der Waals surface area contributed by atoms with Gasteiger partial charge in [-0.05, 0) is 97.9 Å². The topological polar surface area (TPSA) is 29.1 Å². The lowest BCUT2D eigenvalue weighted by Crippen LogP contribution is -2.22. The zero-order chi connectivity index (χ0) is 33.1. The van der Waals surface area contributed by atoms with Crippen molar-refractivity contribution in [2.45, 2.75) is 80.6 Å². The summed E-state index contributed by atoms with van der Waals surface area (Å²) in [6.07, 6.45) is 5.43. The minimum Gasteiger partial charge on any atom is -0.352 e. The maximum Gasteiger partial charge on any atom is 0.251 e. The number of carbonyl (C=O) groups excluding carboxylic acids is 1. The van der Waals surface area contributed by atoms with Crippen LogP contribution in [0.4, 0.5) is 0 Å². The first kappa shape index (κ1) is 35.3. The minimum atomic E-state index is -0.0209. The molecule has 0 heterocycles. The zero-order valence-corrected chi connectivity index (χ0v) is 29.0. The Kier molecular flexibility index (Phi) is 12.7. The van der Waals surface area contributed by atoms with Crippen LogP contribution in [-0.4, -0.2) is 12.5 Å². The lowest BCUT2D eigenvalue weighted by Gasteiger charge is -2.28. The van der Waals surface area contributed by atoms with E-state index < -0.39 is 0 Å². The molecule has 0 aliphatic heterocycles. The first-order chi connectivity index (χ1) is 21.3. The first-order valence-corrected chi connectivity index (χ1v) is 16.3. The average Bonchev–Trinajstić information content (AvgIpc) is 3.00. The Hall–Kier alpha value is -4.17. The van der Waals surface area contributed by atoms with Gasteiger partial charge in [0.1, 0.15) is 0 Å². The molecule has 1 N–H and O–H groups in total. The van der Waals surface area contributed by atoms with Gasteiger partial charge in [-0.15, -0.1) is 0 Å². The molecule has 2 nitrogen and oxygen atoms in total. The van der Waals surface area contributed by atoms with Crippen LogP contribution in [0.2, 0.25) is 0 Å². The molecule has 2 heteroatoms. The Balaban J connectivity index is 0.000000305. The molecule has 0 aromatic heterocycles. The summed E-state index contributed by atoms with van der Waals surface area (Å²) in [5.41, 5.74) is 12.4. The molecule has 0 aliphatic carbocycles. The van der Waals surface area contributed by atoms with Crippen LogP contribution in [0.15, 0.2) is 109 Å². The molecular formula is C43H53NO. The SMILES string of the molecule is C=C(C)C(c1ccc(/C=C/C(C)(C)C)cc1)C(CC)c1ccc(C(=O)NCC)cc1.Cc1ccc(-c2ccc(C)cc2C)cc1. The highest BCUT2D eigenvalue weighted by Crippen LogP contribution is 2.40.